The van der Waals surface area contributed by atoms with Crippen molar-refractivity contribution in [3.63, 3.8) is 0 Å². The van der Waals surface area contributed by atoms with Crippen molar-refractivity contribution in [1.29, 1.82) is 0 Å². The first-order chi connectivity index (χ1) is 14.9. The van der Waals surface area contributed by atoms with E-state index in [1.165, 1.54) is 25.1 Å². The van der Waals surface area contributed by atoms with Crippen molar-refractivity contribution in [2.24, 2.45) is 5.73 Å². The molecule has 1 heterocycles. The van der Waals surface area contributed by atoms with Gasteiger partial charge in [-0.15, -0.1) is 0 Å². The molecule has 1 aliphatic heterocycles. The molecule has 31 heavy (non-hydrogen) atoms. The summed E-state index contributed by atoms with van der Waals surface area (Å²) in [6.07, 6.45) is 3.16. The number of amides is 2. The minimum atomic E-state index is -0.256. The molecule has 3 rings (SSSR count). The smallest absolute Gasteiger partial charge is 0.246 e. The zero-order chi connectivity index (χ0) is 22.4. The third-order valence-electron chi connectivity index (χ3n) is 5.17. The Morgan fingerprint density at radius 3 is 2.65 bits per heavy atom. The summed E-state index contributed by atoms with van der Waals surface area (Å²) in [6, 6.07) is 11.4. The van der Waals surface area contributed by atoms with Crippen molar-refractivity contribution < 1.29 is 14.0 Å². The van der Waals surface area contributed by atoms with Gasteiger partial charge in [-0.2, -0.15) is 0 Å². The molecule has 0 saturated carbocycles. The van der Waals surface area contributed by atoms with Gasteiger partial charge in [0, 0.05) is 56.4 Å². The molecule has 0 radical (unpaired) electrons. The second-order valence-corrected chi connectivity index (χ2v) is 7.97. The lowest BCUT2D eigenvalue weighted by Crippen LogP contribution is -2.57. The van der Waals surface area contributed by atoms with Crippen LogP contribution in [-0.2, 0) is 16.1 Å². The van der Waals surface area contributed by atoms with Crippen LogP contribution >= 0.6 is 11.6 Å². The summed E-state index contributed by atoms with van der Waals surface area (Å²) in [5.41, 5.74) is 8.20. The molecule has 1 fully saturated rings. The van der Waals surface area contributed by atoms with Crippen LogP contribution in [0.3, 0.4) is 0 Å². The van der Waals surface area contributed by atoms with Gasteiger partial charge in [0.2, 0.25) is 11.8 Å². The number of hydrogen-bond donors (Lipinski definition) is 2. The van der Waals surface area contributed by atoms with Gasteiger partial charge in [-0.05, 0) is 41.5 Å². The van der Waals surface area contributed by atoms with Crippen LogP contribution in [0.2, 0.25) is 5.02 Å². The van der Waals surface area contributed by atoms with Crippen molar-refractivity contribution in [3.8, 4) is 0 Å². The number of carbonyl (C=O) groups excluding carboxylic acids is 2. The first-order valence-electron chi connectivity index (χ1n) is 10.1. The lowest BCUT2D eigenvalue weighted by atomic mass is 10.1. The normalized spacial score (nSPS) is 17.2. The van der Waals surface area contributed by atoms with E-state index in [2.05, 4.69) is 10.2 Å². The average Bonchev–Trinajstić information content (AvgIpc) is 2.74. The van der Waals surface area contributed by atoms with Crippen LogP contribution in [0.5, 0.6) is 0 Å². The standard InChI is InChI=1S/C23H26ClFN4O2/c1-16(30)27-22-12-19(24)6-4-18(22)5-9-23(31)29-11-10-28(15-21(29)13-26)14-17-2-7-20(25)8-3-17/h2-9,12,21H,10-11,13-15,26H2,1H3,(H,27,30)/t21-/m1/s1. The van der Waals surface area contributed by atoms with E-state index in [-0.39, 0.29) is 23.7 Å². The van der Waals surface area contributed by atoms with Crippen molar-refractivity contribution in [2.75, 3.05) is 31.5 Å². The number of carbonyl (C=O) groups is 2. The lowest BCUT2D eigenvalue weighted by molar-refractivity contribution is -0.130. The molecule has 1 atom stereocenters. The molecule has 1 aliphatic rings. The van der Waals surface area contributed by atoms with E-state index in [9.17, 15) is 14.0 Å². The summed E-state index contributed by atoms with van der Waals surface area (Å²) in [5, 5.41) is 3.21. The number of halogens is 2. The van der Waals surface area contributed by atoms with Gasteiger partial charge < -0.3 is 16.0 Å². The third-order valence-corrected chi connectivity index (χ3v) is 5.41. The fourth-order valence-corrected chi connectivity index (χ4v) is 3.80. The van der Waals surface area contributed by atoms with Crippen LogP contribution < -0.4 is 11.1 Å². The van der Waals surface area contributed by atoms with Crippen LogP contribution in [0.15, 0.2) is 48.5 Å². The van der Waals surface area contributed by atoms with Crippen LogP contribution in [0, 0.1) is 5.82 Å². The highest BCUT2D eigenvalue weighted by Crippen LogP contribution is 2.23. The molecule has 2 amide bonds. The number of nitrogens with two attached hydrogens (primary N) is 1. The van der Waals surface area contributed by atoms with Gasteiger partial charge >= 0.3 is 0 Å². The van der Waals surface area contributed by atoms with E-state index >= 15 is 0 Å². The number of hydrogen-bond acceptors (Lipinski definition) is 4. The fourth-order valence-electron chi connectivity index (χ4n) is 3.63. The van der Waals surface area contributed by atoms with Gasteiger partial charge in [-0.1, -0.05) is 29.8 Å². The van der Waals surface area contributed by atoms with Crippen molar-refractivity contribution >= 4 is 35.2 Å². The summed E-state index contributed by atoms with van der Waals surface area (Å²) in [6.45, 7) is 4.33. The minimum absolute atomic E-state index is 0.119. The maximum atomic E-state index is 13.1. The Kier molecular flexibility index (Phi) is 7.79. The van der Waals surface area contributed by atoms with E-state index in [1.54, 1.807) is 41.3 Å². The molecule has 0 aliphatic carbocycles. The second kappa shape index (κ2) is 10.5. The molecule has 8 heteroatoms. The minimum Gasteiger partial charge on any atom is -0.332 e. The van der Waals surface area contributed by atoms with Gasteiger partial charge in [0.25, 0.3) is 0 Å². The van der Waals surface area contributed by atoms with E-state index in [1.807, 2.05) is 0 Å². The van der Waals surface area contributed by atoms with E-state index in [4.69, 9.17) is 17.3 Å². The van der Waals surface area contributed by atoms with Gasteiger partial charge in [0.05, 0.1) is 6.04 Å². The summed E-state index contributed by atoms with van der Waals surface area (Å²) in [7, 11) is 0. The van der Waals surface area contributed by atoms with Crippen molar-refractivity contribution in [2.45, 2.75) is 19.5 Å². The molecule has 0 aromatic heterocycles. The molecule has 2 aromatic carbocycles. The Morgan fingerprint density at radius 2 is 1.97 bits per heavy atom. The van der Waals surface area contributed by atoms with Crippen LogP contribution in [0.25, 0.3) is 6.08 Å². The number of rotatable bonds is 6. The summed E-state index contributed by atoms with van der Waals surface area (Å²) in [5.74, 6) is -0.613. The van der Waals surface area contributed by atoms with E-state index < -0.39 is 0 Å². The third kappa shape index (κ3) is 6.37. The first-order valence-corrected chi connectivity index (χ1v) is 10.5. The molecule has 6 nitrogen and oxygen atoms in total. The average molecular weight is 445 g/mol. The predicted molar refractivity (Wildman–Crippen MR) is 121 cm³/mol. The van der Waals surface area contributed by atoms with E-state index in [0.717, 1.165) is 5.56 Å². The first kappa shape index (κ1) is 22.9. The Hall–Kier alpha value is -2.74. The quantitative estimate of drug-likeness (QED) is 0.671. The molecule has 3 N–H and O–H groups in total. The highest BCUT2D eigenvalue weighted by molar-refractivity contribution is 6.31. The molecule has 1 saturated heterocycles. The summed E-state index contributed by atoms with van der Waals surface area (Å²) in [4.78, 5) is 28.3. The molecule has 0 unspecified atom stereocenters. The van der Waals surface area contributed by atoms with Crippen molar-refractivity contribution in [3.05, 3.63) is 70.5 Å². The molecular formula is C23H26ClFN4O2. The van der Waals surface area contributed by atoms with E-state index in [0.29, 0.717) is 49.0 Å². The molecule has 2 aromatic rings. The number of nitrogens with zero attached hydrogens (tertiary/aromatic N) is 2. The summed E-state index contributed by atoms with van der Waals surface area (Å²) >= 11 is 6.01. The highest BCUT2D eigenvalue weighted by Gasteiger charge is 2.28. The van der Waals surface area contributed by atoms with Crippen molar-refractivity contribution in [1.82, 2.24) is 9.80 Å². The maximum Gasteiger partial charge on any atom is 0.246 e. The van der Waals surface area contributed by atoms with Crippen LogP contribution in [0.1, 0.15) is 18.1 Å². The molecule has 0 spiro atoms. The van der Waals surface area contributed by atoms with Gasteiger partial charge in [-0.3, -0.25) is 14.5 Å². The molecular weight excluding hydrogens is 419 g/mol. The molecule has 164 valence electrons. The summed E-state index contributed by atoms with van der Waals surface area (Å²) < 4.78 is 13.1. The number of anilines is 1. The zero-order valence-corrected chi connectivity index (χ0v) is 18.1. The van der Waals surface area contributed by atoms with Gasteiger partial charge in [-0.25, -0.2) is 4.39 Å². The fraction of sp³-hybridized carbons (Fsp3) is 0.304. The second-order valence-electron chi connectivity index (χ2n) is 7.53. The molecule has 0 bridgehead atoms. The maximum absolute atomic E-state index is 13.1. The number of nitrogens with one attached hydrogen (secondary N) is 1. The van der Waals surface area contributed by atoms with Crippen LogP contribution in [0.4, 0.5) is 10.1 Å². The Labute approximate surface area is 186 Å². The predicted octanol–water partition coefficient (Wildman–Crippen LogP) is 3.12. The topological polar surface area (TPSA) is 78.7 Å². The Balaban J connectivity index is 1.65. The Bertz CT molecular complexity index is 965. The SMILES string of the molecule is CC(=O)Nc1cc(Cl)ccc1C=CC(=O)N1CCN(Cc2ccc(F)cc2)C[C@H]1CN. The highest BCUT2D eigenvalue weighted by atomic mass is 35.5. The Morgan fingerprint density at radius 1 is 1.23 bits per heavy atom. The van der Waals surface area contributed by atoms with Crippen LogP contribution in [-0.4, -0.2) is 53.8 Å². The van der Waals surface area contributed by atoms with Gasteiger partial charge in [0.15, 0.2) is 0 Å². The number of benzene rings is 2. The monoisotopic (exact) mass is 444 g/mol. The lowest BCUT2D eigenvalue weighted by Gasteiger charge is -2.40. The number of piperazine rings is 1. The largest absolute Gasteiger partial charge is 0.332 e. The zero-order valence-electron chi connectivity index (χ0n) is 17.4. The van der Waals surface area contributed by atoms with Gasteiger partial charge in [0.1, 0.15) is 5.82 Å².